The van der Waals surface area contributed by atoms with Gasteiger partial charge in [-0.15, -0.1) is 0 Å². The first-order chi connectivity index (χ1) is 21.8. The SMILES string of the molecule is CCCCCCCCCCCCCC(=O)O[C@H](COC(=O)CCCCCCCCCCC)CO[C@@H]1O[C@H](CO)[C@H](O)C(O)C1O. The molecule has 0 saturated carbocycles. The first kappa shape index (κ1) is 41.7. The quantitative estimate of drug-likeness (QED) is 0.0573. The molecule has 1 heterocycles. The van der Waals surface area contributed by atoms with Crippen LogP contribution in [0.25, 0.3) is 0 Å². The Bertz CT molecular complexity index is 719. The molecule has 0 spiro atoms. The Labute approximate surface area is 272 Å². The van der Waals surface area contributed by atoms with Gasteiger partial charge in [0, 0.05) is 12.8 Å². The van der Waals surface area contributed by atoms with Crippen LogP contribution >= 0.6 is 0 Å². The lowest BCUT2D eigenvalue weighted by Gasteiger charge is -2.39. The van der Waals surface area contributed by atoms with E-state index < -0.39 is 49.4 Å². The highest BCUT2D eigenvalue weighted by Crippen LogP contribution is 2.22. The van der Waals surface area contributed by atoms with Gasteiger partial charge >= 0.3 is 11.9 Å². The zero-order chi connectivity index (χ0) is 33.1. The van der Waals surface area contributed by atoms with E-state index in [2.05, 4.69) is 13.8 Å². The van der Waals surface area contributed by atoms with Crippen molar-refractivity contribution in [2.45, 2.75) is 192 Å². The molecule has 45 heavy (non-hydrogen) atoms. The fraction of sp³-hybridized carbons (Fsp3) is 0.943. The van der Waals surface area contributed by atoms with Crippen molar-refractivity contribution in [2.75, 3.05) is 19.8 Å². The smallest absolute Gasteiger partial charge is 0.306 e. The molecule has 1 rings (SSSR count). The largest absolute Gasteiger partial charge is 0.462 e. The summed E-state index contributed by atoms with van der Waals surface area (Å²) in [6.45, 7) is 3.37. The lowest BCUT2D eigenvalue weighted by Crippen LogP contribution is -2.59. The number of aliphatic hydroxyl groups is 4. The Hall–Kier alpha value is -1.30. The number of unbranched alkanes of at least 4 members (excludes halogenated alkanes) is 18. The summed E-state index contributed by atoms with van der Waals surface area (Å²) in [6, 6.07) is 0. The minimum atomic E-state index is -1.59. The molecule has 10 heteroatoms. The summed E-state index contributed by atoms with van der Waals surface area (Å²) in [6.07, 6.45) is 15.5. The van der Waals surface area contributed by atoms with E-state index in [4.69, 9.17) is 18.9 Å². The highest BCUT2D eigenvalue weighted by Gasteiger charge is 2.44. The summed E-state index contributed by atoms with van der Waals surface area (Å²) in [5, 5.41) is 39.8. The van der Waals surface area contributed by atoms with Gasteiger partial charge in [0.1, 0.15) is 31.0 Å². The van der Waals surface area contributed by atoms with Crippen molar-refractivity contribution in [3.05, 3.63) is 0 Å². The van der Waals surface area contributed by atoms with Crippen molar-refractivity contribution in [3.63, 3.8) is 0 Å². The standard InChI is InChI=1S/C35H66O10/c1-3-5-7-9-11-13-14-16-18-20-22-24-31(38)44-28(27-43-35-34(41)33(40)32(39)29(25-36)45-35)26-42-30(37)23-21-19-17-15-12-10-8-6-4-2/h28-29,32-36,39-41H,3-27H2,1-2H3/t28-,29-,32+,33?,34?,35-/m1/s1. The summed E-state index contributed by atoms with van der Waals surface area (Å²) in [5.74, 6) is -0.805. The van der Waals surface area contributed by atoms with Crippen molar-refractivity contribution in [2.24, 2.45) is 0 Å². The molecule has 0 aromatic carbocycles. The Kier molecular flexibility index (Phi) is 25.8. The van der Waals surface area contributed by atoms with Crippen molar-refractivity contribution < 1.29 is 49.0 Å². The summed E-state index contributed by atoms with van der Waals surface area (Å²) in [5.41, 5.74) is 0. The van der Waals surface area contributed by atoms with Gasteiger partial charge in [-0.1, -0.05) is 129 Å². The molecule has 4 N–H and O–H groups in total. The molecule has 1 fully saturated rings. The van der Waals surface area contributed by atoms with Gasteiger partial charge in [0.05, 0.1) is 13.2 Å². The van der Waals surface area contributed by atoms with Gasteiger partial charge in [-0.25, -0.2) is 0 Å². The molecule has 266 valence electrons. The minimum absolute atomic E-state index is 0.211. The molecule has 0 amide bonds. The topological polar surface area (TPSA) is 152 Å². The van der Waals surface area contributed by atoms with Gasteiger partial charge in [-0.05, 0) is 12.8 Å². The van der Waals surface area contributed by atoms with Crippen LogP contribution in [-0.4, -0.2) is 89.0 Å². The predicted octanol–water partition coefficient (Wildman–Crippen LogP) is 5.88. The zero-order valence-corrected chi connectivity index (χ0v) is 28.4. The highest BCUT2D eigenvalue weighted by atomic mass is 16.7. The first-order valence-corrected chi connectivity index (χ1v) is 18.1. The number of rotatable bonds is 29. The van der Waals surface area contributed by atoms with E-state index in [9.17, 15) is 30.0 Å². The summed E-state index contributed by atoms with van der Waals surface area (Å²) in [4.78, 5) is 25.0. The van der Waals surface area contributed by atoms with E-state index in [1.807, 2.05) is 0 Å². The maximum atomic E-state index is 12.6. The molecule has 0 aromatic rings. The van der Waals surface area contributed by atoms with Crippen LogP contribution in [0.3, 0.4) is 0 Å². The number of hydrogen-bond acceptors (Lipinski definition) is 10. The molecule has 2 unspecified atom stereocenters. The van der Waals surface area contributed by atoms with E-state index in [0.29, 0.717) is 6.42 Å². The van der Waals surface area contributed by atoms with Crippen LogP contribution in [0.2, 0.25) is 0 Å². The van der Waals surface area contributed by atoms with Crippen molar-refractivity contribution >= 4 is 11.9 Å². The van der Waals surface area contributed by atoms with Crippen LogP contribution in [0.1, 0.15) is 155 Å². The molecule has 6 atom stereocenters. The fourth-order valence-corrected chi connectivity index (χ4v) is 5.54. The van der Waals surface area contributed by atoms with E-state index >= 15 is 0 Å². The third kappa shape index (κ3) is 20.5. The number of hydrogen-bond donors (Lipinski definition) is 4. The molecule has 10 nitrogen and oxygen atoms in total. The van der Waals surface area contributed by atoms with E-state index in [1.165, 1.54) is 83.5 Å². The molecule has 0 bridgehead atoms. The second kappa shape index (κ2) is 27.8. The molecular formula is C35H66O10. The van der Waals surface area contributed by atoms with Crippen LogP contribution in [0, 0.1) is 0 Å². The lowest BCUT2D eigenvalue weighted by molar-refractivity contribution is -0.305. The second-order valence-corrected chi connectivity index (χ2v) is 12.7. The Morgan fingerprint density at radius 2 is 1.04 bits per heavy atom. The molecule has 0 aliphatic carbocycles. The van der Waals surface area contributed by atoms with E-state index in [-0.39, 0.29) is 32.0 Å². The van der Waals surface area contributed by atoms with Gasteiger partial charge in [0.25, 0.3) is 0 Å². The summed E-state index contributed by atoms with van der Waals surface area (Å²) < 4.78 is 22.0. The maximum absolute atomic E-state index is 12.6. The fourth-order valence-electron chi connectivity index (χ4n) is 5.54. The average molecular weight is 647 g/mol. The van der Waals surface area contributed by atoms with E-state index in [0.717, 1.165) is 38.5 Å². The first-order valence-electron chi connectivity index (χ1n) is 18.1. The van der Waals surface area contributed by atoms with Gasteiger partial charge in [0.15, 0.2) is 12.4 Å². The molecule has 1 aliphatic heterocycles. The molecule has 0 radical (unpaired) electrons. The third-order valence-corrected chi connectivity index (χ3v) is 8.49. The summed E-state index contributed by atoms with van der Waals surface area (Å²) >= 11 is 0. The lowest BCUT2D eigenvalue weighted by atomic mass is 9.99. The van der Waals surface area contributed by atoms with Crippen LogP contribution in [-0.2, 0) is 28.5 Å². The second-order valence-electron chi connectivity index (χ2n) is 12.7. The van der Waals surface area contributed by atoms with Crippen LogP contribution in [0.4, 0.5) is 0 Å². The molecule has 1 saturated heterocycles. The van der Waals surface area contributed by atoms with Gasteiger partial charge in [-0.3, -0.25) is 9.59 Å². The van der Waals surface area contributed by atoms with Crippen LogP contribution in [0.5, 0.6) is 0 Å². The Balaban J connectivity index is 2.43. The number of carbonyl (C=O) groups excluding carboxylic acids is 2. The van der Waals surface area contributed by atoms with Crippen molar-refractivity contribution in [1.29, 1.82) is 0 Å². The molecule has 0 aromatic heterocycles. The monoisotopic (exact) mass is 646 g/mol. The molecular weight excluding hydrogens is 580 g/mol. The van der Waals surface area contributed by atoms with Crippen LogP contribution < -0.4 is 0 Å². The number of carbonyl (C=O) groups is 2. The number of ether oxygens (including phenoxy) is 4. The third-order valence-electron chi connectivity index (χ3n) is 8.49. The van der Waals surface area contributed by atoms with Crippen molar-refractivity contribution in [1.82, 2.24) is 0 Å². The minimum Gasteiger partial charge on any atom is -0.462 e. The van der Waals surface area contributed by atoms with Crippen molar-refractivity contribution in [3.8, 4) is 0 Å². The maximum Gasteiger partial charge on any atom is 0.306 e. The van der Waals surface area contributed by atoms with Gasteiger partial charge in [0.2, 0.25) is 0 Å². The Morgan fingerprint density at radius 3 is 1.51 bits per heavy atom. The Morgan fingerprint density at radius 1 is 0.600 bits per heavy atom. The van der Waals surface area contributed by atoms with Gasteiger partial charge < -0.3 is 39.4 Å². The van der Waals surface area contributed by atoms with Gasteiger partial charge in [-0.2, -0.15) is 0 Å². The number of esters is 2. The van der Waals surface area contributed by atoms with E-state index in [1.54, 1.807) is 0 Å². The number of aliphatic hydroxyl groups excluding tert-OH is 4. The summed E-state index contributed by atoms with van der Waals surface area (Å²) in [7, 11) is 0. The zero-order valence-electron chi connectivity index (χ0n) is 28.4. The molecule has 1 aliphatic rings. The normalized spacial score (nSPS) is 22.3. The highest BCUT2D eigenvalue weighted by molar-refractivity contribution is 5.70. The average Bonchev–Trinajstić information content (AvgIpc) is 3.03. The van der Waals surface area contributed by atoms with Crippen LogP contribution in [0.15, 0.2) is 0 Å². The predicted molar refractivity (Wildman–Crippen MR) is 173 cm³/mol.